The minimum absolute atomic E-state index is 0.0119. The van der Waals surface area contributed by atoms with Crippen LogP contribution in [0.3, 0.4) is 0 Å². The van der Waals surface area contributed by atoms with Crippen molar-refractivity contribution in [2.75, 3.05) is 6.54 Å². The van der Waals surface area contributed by atoms with E-state index in [0.717, 1.165) is 0 Å². The second-order valence-electron chi connectivity index (χ2n) is 3.99. The lowest BCUT2D eigenvalue weighted by Crippen LogP contribution is -2.31. The second kappa shape index (κ2) is 3.27. The Bertz CT molecular complexity index is 213. The summed E-state index contributed by atoms with van der Waals surface area (Å²) < 4.78 is 0. The number of aliphatic hydroxyl groups is 1. The first-order valence-corrected chi connectivity index (χ1v) is 4.82. The van der Waals surface area contributed by atoms with Crippen LogP contribution in [0.2, 0.25) is 0 Å². The Hall–Kier alpha value is -0.610. The van der Waals surface area contributed by atoms with E-state index in [-0.39, 0.29) is 12.0 Å². The van der Waals surface area contributed by atoms with Gasteiger partial charge in [0.05, 0.1) is 25.2 Å². The molecule has 74 valence electrons. The zero-order valence-corrected chi connectivity index (χ0v) is 7.77. The van der Waals surface area contributed by atoms with Crippen molar-refractivity contribution in [2.24, 2.45) is 5.92 Å². The van der Waals surface area contributed by atoms with E-state index in [1.54, 1.807) is 6.92 Å². The summed E-state index contributed by atoms with van der Waals surface area (Å²) in [6.07, 6.45) is 2.44. The number of carbonyl (C=O) groups excluding carboxylic acids is 1. The largest absolute Gasteiger partial charge is 0.391 e. The molecular weight excluding hydrogens is 170 g/mol. The van der Waals surface area contributed by atoms with Gasteiger partial charge in [-0.25, -0.2) is 5.06 Å². The molecule has 13 heavy (non-hydrogen) atoms. The molecule has 2 rings (SSSR count). The predicted molar refractivity (Wildman–Crippen MR) is 45.6 cm³/mol. The standard InChI is InChI=1S/C9H15NO3/c1-6(11)5-10-9(12)4-8(13-10)7-2-3-7/h6-8,11H,2-5H2,1H3. The molecular formula is C9H15NO3. The number of carbonyl (C=O) groups is 1. The minimum atomic E-state index is -0.512. The molecule has 0 aromatic carbocycles. The molecule has 1 heterocycles. The van der Waals surface area contributed by atoms with Gasteiger partial charge in [-0.1, -0.05) is 0 Å². The monoisotopic (exact) mass is 185 g/mol. The highest BCUT2D eigenvalue weighted by atomic mass is 16.7. The maximum atomic E-state index is 11.3. The van der Waals surface area contributed by atoms with Crippen molar-refractivity contribution < 1.29 is 14.7 Å². The summed E-state index contributed by atoms with van der Waals surface area (Å²) >= 11 is 0. The first-order chi connectivity index (χ1) is 6.16. The molecule has 2 atom stereocenters. The van der Waals surface area contributed by atoms with Crippen molar-refractivity contribution in [3.05, 3.63) is 0 Å². The summed E-state index contributed by atoms with van der Waals surface area (Å²) in [5.74, 6) is 0.598. The molecule has 2 aliphatic rings. The predicted octanol–water partition coefficient (Wildman–Crippen LogP) is 0.310. The van der Waals surface area contributed by atoms with Gasteiger partial charge in [-0.15, -0.1) is 0 Å². The summed E-state index contributed by atoms with van der Waals surface area (Å²) in [5.41, 5.74) is 0. The molecule has 0 spiro atoms. The molecule has 1 saturated heterocycles. The highest BCUT2D eigenvalue weighted by molar-refractivity contribution is 5.77. The molecule has 2 fully saturated rings. The maximum absolute atomic E-state index is 11.3. The minimum Gasteiger partial charge on any atom is -0.391 e. The van der Waals surface area contributed by atoms with Gasteiger partial charge in [-0.05, 0) is 25.7 Å². The van der Waals surface area contributed by atoms with Crippen molar-refractivity contribution in [1.82, 2.24) is 5.06 Å². The normalized spacial score (nSPS) is 31.1. The van der Waals surface area contributed by atoms with Gasteiger partial charge in [0.25, 0.3) is 0 Å². The van der Waals surface area contributed by atoms with E-state index in [4.69, 9.17) is 9.94 Å². The van der Waals surface area contributed by atoms with E-state index in [1.165, 1.54) is 17.9 Å². The lowest BCUT2D eigenvalue weighted by atomic mass is 10.2. The zero-order chi connectivity index (χ0) is 9.42. The molecule has 1 amide bonds. The van der Waals surface area contributed by atoms with Crippen LogP contribution in [0.25, 0.3) is 0 Å². The lowest BCUT2D eigenvalue weighted by molar-refractivity contribution is -0.181. The molecule has 1 aliphatic heterocycles. The van der Waals surface area contributed by atoms with Crippen molar-refractivity contribution in [3.8, 4) is 0 Å². The SMILES string of the molecule is CC(O)CN1OC(C2CC2)CC1=O. The summed E-state index contributed by atoms with van der Waals surface area (Å²) in [6, 6.07) is 0. The van der Waals surface area contributed by atoms with Gasteiger partial charge < -0.3 is 5.11 Å². The lowest BCUT2D eigenvalue weighted by Gasteiger charge is -2.17. The molecule has 1 N–H and O–H groups in total. The van der Waals surface area contributed by atoms with Gasteiger partial charge in [-0.3, -0.25) is 9.63 Å². The van der Waals surface area contributed by atoms with Crippen molar-refractivity contribution in [1.29, 1.82) is 0 Å². The summed E-state index contributed by atoms with van der Waals surface area (Å²) in [4.78, 5) is 16.8. The average molecular weight is 185 g/mol. The zero-order valence-electron chi connectivity index (χ0n) is 7.77. The number of hydroxylamine groups is 2. The number of hydrogen-bond acceptors (Lipinski definition) is 3. The summed E-state index contributed by atoms with van der Waals surface area (Å²) in [6.45, 7) is 1.95. The molecule has 4 nitrogen and oxygen atoms in total. The van der Waals surface area contributed by atoms with E-state index < -0.39 is 6.10 Å². The maximum Gasteiger partial charge on any atom is 0.248 e. The number of β-amino-alcohol motifs (C(OH)–C–C–N with tert-alkyl or cyclic N) is 1. The Kier molecular flexibility index (Phi) is 2.26. The van der Waals surface area contributed by atoms with Gasteiger partial charge >= 0.3 is 0 Å². The molecule has 0 radical (unpaired) electrons. The fraction of sp³-hybridized carbons (Fsp3) is 0.889. The van der Waals surface area contributed by atoms with Crippen LogP contribution in [0.15, 0.2) is 0 Å². The van der Waals surface area contributed by atoms with Crippen LogP contribution in [0.4, 0.5) is 0 Å². The second-order valence-corrected chi connectivity index (χ2v) is 3.99. The van der Waals surface area contributed by atoms with Crippen molar-refractivity contribution in [2.45, 2.75) is 38.4 Å². The van der Waals surface area contributed by atoms with Crippen LogP contribution in [0, 0.1) is 5.92 Å². The molecule has 4 heteroatoms. The Labute approximate surface area is 77.4 Å². The van der Waals surface area contributed by atoms with Gasteiger partial charge in [0, 0.05) is 0 Å². The fourth-order valence-corrected chi connectivity index (χ4v) is 1.64. The van der Waals surface area contributed by atoms with Gasteiger partial charge in [0.1, 0.15) is 0 Å². The molecule has 1 saturated carbocycles. The van der Waals surface area contributed by atoms with Crippen LogP contribution in [-0.4, -0.2) is 34.8 Å². The average Bonchev–Trinajstić information content (AvgIpc) is 2.79. The number of amides is 1. The third-order valence-corrected chi connectivity index (χ3v) is 2.49. The number of nitrogens with zero attached hydrogens (tertiary/aromatic N) is 1. The van der Waals surface area contributed by atoms with Crippen molar-refractivity contribution in [3.63, 3.8) is 0 Å². The first-order valence-electron chi connectivity index (χ1n) is 4.82. The Morgan fingerprint density at radius 3 is 2.92 bits per heavy atom. The highest BCUT2D eigenvalue weighted by Crippen LogP contribution is 2.38. The molecule has 0 aromatic heterocycles. The Balaban J connectivity index is 1.87. The molecule has 1 aliphatic carbocycles. The molecule has 0 aromatic rings. The fourth-order valence-electron chi connectivity index (χ4n) is 1.64. The van der Waals surface area contributed by atoms with Crippen LogP contribution in [0.1, 0.15) is 26.2 Å². The van der Waals surface area contributed by atoms with Gasteiger partial charge in [0.15, 0.2) is 0 Å². The first kappa shape index (κ1) is 8.97. The van der Waals surface area contributed by atoms with Crippen LogP contribution >= 0.6 is 0 Å². The summed E-state index contributed by atoms with van der Waals surface area (Å²) in [5, 5.41) is 10.4. The van der Waals surface area contributed by atoms with Crippen LogP contribution < -0.4 is 0 Å². The third kappa shape index (κ3) is 2.00. The van der Waals surface area contributed by atoms with Crippen molar-refractivity contribution >= 4 is 5.91 Å². The Morgan fingerprint density at radius 2 is 2.38 bits per heavy atom. The quantitative estimate of drug-likeness (QED) is 0.688. The van der Waals surface area contributed by atoms with E-state index in [2.05, 4.69) is 0 Å². The number of rotatable bonds is 3. The van der Waals surface area contributed by atoms with E-state index >= 15 is 0 Å². The number of hydrogen-bond donors (Lipinski definition) is 1. The van der Waals surface area contributed by atoms with E-state index in [1.807, 2.05) is 0 Å². The summed E-state index contributed by atoms with van der Waals surface area (Å²) in [7, 11) is 0. The van der Waals surface area contributed by atoms with Crippen LogP contribution in [-0.2, 0) is 9.63 Å². The smallest absolute Gasteiger partial charge is 0.248 e. The van der Waals surface area contributed by atoms with Gasteiger partial charge in [-0.2, -0.15) is 0 Å². The molecule has 2 unspecified atom stereocenters. The van der Waals surface area contributed by atoms with Crippen LogP contribution in [0.5, 0.6) is 0 Å². The molecule has 0 bridgehead atoms. The van der Waals surface area contributed by atoms with Gasteiger partial charge in [0.2, 0.25) is 5.91 Å². The highest BCUT2D eigenvalue weighted by Gasteiger charge is 2.41. The third-order valence-electron chi connectivity index (χ3n) is 2.49. The van der Waals surface area contributed by atoms with E-state index in [0.29, 0.717) is 18.9 Å². The number of aliphatic hydroxyl groups excluding tert-OH is 1. The topological polar surface area (TPSA) is 49.8 Å². The Morgan fingerprint density at radius 1 is 1.69 bits per heavy atom. The van der Waals surface area contributed by atoms with E-state index in [9.17, 15) is 4.79 Å².